The van der Waals surface area contributed by atoms with Crippen LogP contribution in [0, 0.1) is 0 Å². The number of rotatable bonds is 4. The second-order valence-corrected chi connectivity index (χ2v) is 8.69. The maximum atomic E-state index is 12.8. The van der Waals surface area contributed by atoms with Crippen molar-refractivity contribution in [2.24, 2.45) is 0 Å². The van der Waals surface area contributed by atoms with Gasteiger partial charge in [-0.25, -0.2) is 4.79 Å². The molecule has 7 heteroatoms. The van der Waals surface area contributed by atoms with Gasteiger partial charge in [0.1, 0.15) is 0 Å². The van der Waals surface area contributed by atoms with Crippen molar-refractivity contribution in [2.75, 3.05) is 19.7 Å². The van der Waals surface area contributed by atoms with Crippen molar-refractivity contribution in [1.29, 1.82) is 0 Å². The highest BCUT2D eigenvalue weighted by atomic mass is 16.5. The van der Waals surface area contributed by atoms with Crippen LogP contribution < -0.4 is 5.32 Å². The van der Waals surface area contributed by atoms with Crippen LogP contribution in [-0.2, 0) is 4.74 Å². The molecule has 1 saturated carbocycles. The first kappa shape index (κ1) is 19.3. The van der Waals surface area contributed by atoms with E-state index in [-0.39, 0.29) is 29.6 Å². The molecule has 0 aromatic carbocycles. The number of likely N-dealkylation sites (tertiary alicyclic amines) is 1. The van der Waals surface area contributed by atoms with Gasteiger partial charge in [0.15, 0.2) is 5.76 Å². The van der Waals surface area contributed by atoms with E-state index >= 15 is 0 Å². The topological polar surface area (TPSA) is 75.0 Å². The number of nitrogens with one attached hydrogen (secondary N) is 1. The molecule has 7 nitrogen and oxygen atoms in total. The molecule has 2 aliphatic heterocycles. The van der Waals surface area contributed by atoms with Crippen LogP contribution in [0.25, 0.3) is 0 Å². The number of carbonyl (C=O) groups excluding carboxylic acids is 2. The fraction of sp³-hybridized carbons (Fsp3) is 0.714. The van der Waals surface area contributed by atoms with Crippen LogP contribution in [0.4, 0.5) is 4.79 Å². The molecule has 3 heterocycles. The molecule has 0 radical (unpaired) electrons. The number of urea groups is 1. The van der Waals surface area contributed by atoms with Gasteiger partial charge in [-0.1, -0.05) is 0 Å². The van der Waals surface area contributed by atoms with Gasteiger partial charge in [-0.05, 0) is 64.5 Å². The number of ether oxygens (including phenoxy) is 1. The number of nitrogens with zero attached hydrogens (tertiary/aromatic N) is 2. The van der Waals surface area contributed by atoms with Crippen LogP contribution in [0.2, 0.25) is 0 Å². The van der Waals surface area contributed by atoms with Gasteiger partial charge < -0.3 is 24.3 Å². The standard InChI is InChI=1S/C21H31N3O4/c1-15(2)22-20(26)24(16-5-6-16)17-7-13-28-21(14-17)8-10-23(11-9-21)19(25)18-4-3-12-27-18/h3-4,12,15-17H,5-11,13-14H2,1-2H3,(H,22,26). The van der Waals surface area contributed by atoms with Crippen molar-refractivity contribution in [3.05, 3.63) is 24.2 Å². The number of furan rings is 1. The van der Waals surface area contributed by atoms with Crippen LogP contribution in [0.3, 0.4) is 0 Å². The summed E-state index contributed by atoms with van der Waals surface area (Å²) in [5.74, 6) is 0.340. The summed E-state index contributed by atoms with van der Waals surface area (Å²) < 4.78 is 11.5. The van der Waals surface area contributed by atoms with E-state index in [1.54, 1.807) is 12.1 Å². The van der Waals surface area contributed by atoms with E-state index < -0.39 is 0 Å². The van der Waals surface area contributed by atoms with Gasteiger partial charge in [0.25, 0.3) is 5.91 Å². The van der Waals surface area contributed by atoms with Crippen LogP contribution in [0.15, 0.2) is 22.8 Å². The van der Waals surface area contributed by atoms with Crippen molar-refractivity contribution < 1.29 is 18.7 Å². The predicted octanol–water partition coefficient (Wildman–Crippen LogP) is 3.02. The molecule has 3 fully saturated rings. The fourth-order valence-corrected chi connectivity index (χ4v) is 4.57. The number of hydrogen-bond acceptors (Lipinski definition) is 4. The predicted molar refractivity (Wildman–Crippen MR) is 104 cm³/mol. The highest BCUT2D eigenvalue weighted by Crippen LogP contribution is 2.40. The summed E-state index contributed by atoms with van der Waals surface area (Å²) in [5, 5.41) is 3.07. The van der Waals surface area contributed by atoms with Crippen molar-refractivity contribution in [2.45, 2.75) is 76.1 Å². The molecule has 0 bridgehead atoms. The van der Waals surface area contributed by atoms with E-state index in [9.17, 15) is 9.59 Å². The Morgan fingerprint density at radius 2 is 1.96 bits per heavy atom. The zero-order valence-electron chi connectivity index (χ0n) is 16.9. The third kappa shape index (κ3) is 4.04. The van der Waals surface area contributed by atoms with Gasteiger partial charge >= 0.3 is 6.03 Å². The number of hydrogen-bond donors (Lipinski definition) is 1. The van der Waals surface area contributed by atoms with Gasteiger partial charge in [-0.3, -0.25) is 4.79 Å². The van der Waals surface area contributed by atoms with Gasteiger partial charge in [-0.2, -0.15) is 0 Å². The summed E-state index contributed by atoms with van der Waals surface area (Å²) >= 11 is 0. The van der Waals surface area contributed by atoms with Crippen molar-refractivity contribution >= 4 is 11.9 Å². The van der Waals surface area contributed by atoms with Crippen molar-refractivity contribution in [3.8, 4) is 0 Å². The van der Waals surface area contributed by atoms with Crippen molar-refractivity contribution in [3.63, 3.8) is 0 Å². The van der Waals surface area contributed by atoms with Crippen LogP contribution >= 0.6 is 0 Å². The molecule has 3 amide bonds. The Bertz CT molecular complexity index is 691. The van der Waals surface area contributed by atoms with E-state index in [0.717, 1.165) is 38.5 Å². The molecule has 4 rings (SSSR count). The molecular weight excluding hydrogens is 358 g/mol. The lowest BCUT2D eigenvalue weighted by Gasteiger charge is -2.48. The molecular formula is C21H31N3O4. The molecule has 1 aliphatic carbocycles. The maximum absolute atomic E-state index is 12.8. The van der Waals surface area contributed by atoms with E-state index in [0.29, 0.717) is 31.5 Å². The minimum atomic E-state index is -0.228. The Morgan fingerprint density at radius 1 is 1.21 bits per heavy atom. The van der Waals surface area contributed by atoms with Gasteiger partial charge in [-0.15, -0.1) is 0 Å². The molecule has 3 aliphatic rings. The molecule has 2 saturated heterocycles. The SMILES string of the molecule is CC(C)NC(=O)N(C1CC1)C1CCOC2(CCN(C(=O)c3ccco3)CC2)C1. The Balaban J connectivity index is 1.39. The molecule has 1 N–H and O–H groups in total. The number of amides is 3. The van der Waals surface area contributed by atoms with Gasteiger partial charge in [0, 0.05) is 37.8 Å². The molecule has 1 spiro atoms. The zero-order chi connectivity index (χ0) is 19.7. The molecule has 154 valence electrons. The second kappa shape index (κ2) is 7.78. The lowest BCUT2D eigenvalue weighted by Crippen LogP contribution is -2.57. The summed E-state index contributed by atoms with van der Waals surface area (Å²) in [6.45, 7) is 6.00. The summed E-state index contributed by atoms with van der Waals surface area (Å²) in [4.78, 5) is 29.2. The monoisotopic (exact) mass is 389 g/mol. The van der Waals surface area contributed by atoms with E-state index in [1.165, 1.54) is 6.26 Å². The maximum Gasteiger partial charge on any atom is 0.318 e. The summed E-state index contributed by atoms with van der Waals surface area (Å²) in [5.41, 5.74) is -0.228. The second-order valence-electron chi connectivity index (χ2n) is 8.69. The van der Waals surface area contributed by atoms with E-state index in [4.69, 9.17) is 9.15 Å². The van der Waals surface area contributed by atoms with Crippen LogP contribution in [-0.4, -0.2) is 65.2 Å². The minimum absolute atomic E-state index is 0.0527. The Labute approximate surface area is 166 Å². The third-order valence-corrected chi connectivity index (χ3v) is 6.14. The lowest BCUT2D eigenvalue weighted by molar-refractivity contribution is -0.126. The normalized spacial score (nSPS) is 24.4. The van der Waals surface area contributed by atoms with Crippen molar-refractivity contribution in [1.82, 2.24) is 15.1 Å². The Hall–Kier alpha value is -2.02. The quantitative estimate of drug-likeness (QED) is 0.859. The van der Waals surface area contributed by atoms with Gasteiger partial charge in [0.2, 0.25) is 0 Å². The Morgan fingerprint density at radius 3 is 2.57 bits per heavy atom. The molecule has 1 aromatic heterocycles. The average Bonchev–Trinajstić information content (AvgIpc) is 3.32. The molecule has 1 atom stereocenters. The summed E-state index contributed by atoms with van der Waals surface area (Å²) in [6.07, 6.45) is 7.09. The van der Waals surface area contributed by atoms with E-state index in [2.05, 4.69) is 10.2 Å². The number of carbonyl (C=O) groups is 2. The number of piperidine rings is 1. The molecule has 1 unspecified atom stereocenters. The lowest BCUT2D eigenvalue weighted by atomic mass is 9.81. The van der Waals surface area contributed by atoms with Crippen LogP contribution in [0.1, 0.15) is 62.9 Å². The Kier molecular flexibility index (Phi) is 5.36. The molecule has 1 aromatic rings. The zero-order valence-corrected chi connectivity index (χ0v) is 16.9. The van der Waals surface area contributed by atoms with Crippen LogP contribution in [0.5, 0.6) is 0 Å². The first-order chi connectivity index (χ1) is 13.5. The highest BCUT2D eigenvalue weighted by molar-refractivity contribution is 5.91. The minimum Gasteiger partial charge on any atom is -0.459 e. The first-order valence-electron chi connectivity index (χ1n) is 10.5. The molecule has 28 heavy (non-hydrogen) atoms. The van der Waals surface area contributed by atoms with E-state index in [1.807, 2.05) is 18.7 Å². The average molecular weight is 389 g/mol. The largest absolute Gasteiger partial charge is 0.459 e. The highest BCUT2D eigenvalue weighted by Gasteiger charge is 2.46. The first-order valence-corrected chi connectivity index (χ1v) is 10.5. The third-order valence-electron chi connectivity index (χ3n) is 6.14. The van der Waals surface area contributed by atoms with Gasteiger partial charge in [0.05, 0.1) is 11.9 Å². The summed E-state index contributed by atoms with van der Waals surface area (Å²) in [6, 6.07) is 4.23. The summed E-state index contributed by atoms with van der Waals surface area (Å²) in [7, 11) is 0. The fourth-order valence-electron chi connectivity index (χ4n) is 4.57. The smallest absolute Gasteiger partial charge is 0.318 e.